The molecule has 3 N–H and O–H groups in total. The molecule has 4 rings (SSSR count). The van der Waals surface area contributed by atoms with Gasteiger partial charge in [-0.3, -0.25) is 4.79 Å². The van der Waals surface area contributed by atoms with E-state index >= 15 is 0 Å². The largest absolute Gasteiger partial charge is 0.396 e. The number of nitrogens with two attached hydrogens (primary N) is 1. The average Bonchev–Trinajstić information content (AvgIpc) is 3.09. The maximum Gasteiger partial charge on any atom is 0.199 e. The predicted octanol–water partition coefficient (Wildman–Crippen LogP) is 5.60. The third-order valence-corrected chi connectivity index (χ3v) is 5.21. The number of aromatic amines is 1. The van der Waals surface area contributed by atoms with E-state index < -0.39 is 11.6 Å². The van der Waals surface area contributed by atoms with Crippen molar-refractivity contribution in [3.05, 3.63) is 81.3 Å². The number of halogens is 3. The van der Waals surface area contributed by atoms with Gasteiger partial charge in [0.05, 0.1) is 11.3 Å². The van der Waals surface area contributed by atoms with Gasteiger partial charge in [-0.1, -0.05) is 23.7 Å². The number of benzene rings is 2. The summed E-state index contributed by atoms with van der Waals surface area (Å²) in [5, 5.41) is 1.23. The molecule has 0 aliphatic carbocycles. The van der Waals surface area contributed by atoms with Crippen LogP contribution in [0.4, 0.5) is 10.1 Å². The van der Waals surface area contributed by atoms with Gasteiger partial charge in [0.25, 0.3) is 0 Å². The van der Waals surface area contributed by atoms with Crippen molar-refractivity contribution in [2.45, 2.75) is 0 Å². The van der Waals surface area contributed by atoms with E-state index in [0.29, 0.717) is 26.1 Å². The van der Waals surface area contributed by atoms with Gasteiger partial charge in [-0.25, -0.2) is 9.37 Å². The predicted molar refractivity (Wildman–Crippen MR) is 108 cm³/mol. The zero-order chi connectivity index (χ0) is 19.1. The molecule has 2 aromatic carbocycles. The van der Waals surface area contributed by atoms with Crippen molar-refractivity contribution in [1.82, 2.24) is 9.97 Å². The summed E-state index contributed by atoms with van der Waals surface area (Å²) in [5.41, 5.74) is 8.02. The summed E-state index contributed by atoms with van der Waals surface area (Å²) >= 11 is 9.17. The quantitative estimate of drug-likeness (QED) is 0.319. The number of nitrogens with one attached hydrogen (secondary N) is 1. The van der Waals surface area contributed by atoms with Gasteiger partial charge >= 0.3 is 0 Å². The molecule has 0 unspecified atom stereocenters. The molecule has 0 radical (unpaired) electrons. The average molecular weight is 445 g/mol. The number of hydrogen-bond acceptors (Lipinski definition) is 3. The minimum atomic E-state index is -0.745. The highest BCUT2D eigenvalue weighted by Gasteiger charge is 2.22. The van der Waals surface area contributed by atoms with Crippen LogP contribution in [-0.2, 0) is 0 Å². The van der Waals surface area contributed by atoms with Gasteiger partial charge in [-0.2, -0.15) is 0 Å². The monoisotopic (exact) mass is 443 g/mol. The second kappa shape index (κ2) is 6.79. The molecule has 0 aliphatic heterocycles. The lowest BCUT2D eigenvalue weighted by Crippen LogP contribution is -2.07. The number of H-pyrrole nitrogens is 1. The first-order valence-electron chi connectivity index (χ1n) is 7.97. The third-order valence-electron chi connectivity index (χ3n) is 4.30. The minimum Gasteiger partial charge on any atom is -0.396 e. The molecule has 0 saturated heterocycles. The van der Waals surface area contributed by atoms with Crippen molar-refractivity contribution in [3.63, 3.8) is 0 Å². The van der Waals surface area contributed by atoms with E-state index in [1.165, 1.54) is 12.3 Å². The molecular weight excluding hydrogens is 433 g/mol. The molecule has 2 aromatic heterocycles. The van der Waals surface area contributed by atoms with E-state index in [2.05, 4.69) is 25.9 Å². The Hall–Kier alpha value is -2.70. The highest BCUT2D eigenvalue weighted by Crippen LogP contribution is 2.31. The van der Waals surface area contributed by atoms with Gasteiger partial charge in [0.2, 0.25) is 0 Å². The summed E-state index contributed by atoms with van der Waals surface area (Å²) in [6.07, 6.45) is 3.23. The number of nitrogen functional groups attached to an aromatic ring is 1. The lowest BCUT2D eigenvalue weighted by atomic mass is 10.0. The van der Waals surface area contributed by atoms with Crippen molar-refractivity contribution in [2.75, 3.05) is 5.73 Å². The molecule has 7 heteroatoms. The molecule has 0 fully saturated rings. The van der Waals surface area contributed by atoms with E-state index in [-0.39, 0.29) is 11.3 Å². The first-order valence-corrected chi connectivity index (χ1v) is 9.14. The van der Waals surface area contributed by atoms with Crippen molar-refractivity contribution in [2.24, 2.45) is 0 Å². The van der Waals surface area contributed by atoms with Crippen molar-refractivity contribution < 1.29 is 9.18 Å². The van der Waals surface area contributed by atoms with Crippen LogP contribution in [0.25, 0.3) is 22.2 Å². The van der Waals surface area contributed by atoms with Gasteiger partial charge in [0, 0.05) is 38.4 Å². The van der Waals surface area contributed by atoms with Gasteiger partial charge < -0.3 is 10.7 Å². The lowest BCUT2D eigenvalue weighted by molar-refractivity contribution is 0.103. The summed E-state index contributed by atoms with van der Waals surface area (Å²) in [5.74, 6) is -1.22. The Morgan fingerprint density at radius 2 is 1.89 bits per heavy atom. The summed E-state index contributed by atoms with van der Waals surface area (Å²) < 4.78 is 14.8. The molecule has 0 aliphatic rings. The fourth-order valence-electron chi connectivity index (χ4n) is 2.90. The highest BCUT2D eigenvalue weighted by molar-refractivity contribution is 9.10. The molecule has 134 valence electrons. The molecule has 0 saturated carbocycles. The van der Waals surface area contributed by atoms with Crippen LogP contribution in [0, 0.1) is 5.82 Å². The van der Waals surface area contributed by atoms with Crippen molar-refractivity contribution >= 4 is 50.0 Å². The number of aromatic nitrogens is 2. The maximum atomic E-state index is 14.5. The number of hydrogen-bond donors (Lipinski definition) is 2. The summed E-state index contributed by atoms with van der Waals surface area (Å²) in [7, 11) is 0. The summed E-state index contributed by atoms with van der Waals surface area (Å²) in [4.78, 5) is 20.3. The topological polar surface area (TPSA) is 71.8 Å². The number of rotatable bonds is 3. The van der Waals surface area contributed by atoms with E-state index in [0.717, 1.165) is 11.1 Å². The SMILES string of the molecule is Nc1ccc(Br)c(C(=O)c2c[nH]c3ncc(-c4ccc(Cl)cc4)cc23)c1F. The van der Waals surface area contributed by atoms with Crippen LogP contribution in [-0.4, -0.2) is 15.8 Å². The summed E-state index contributed by atoms with van der Waals surface area (Å²) in [6.45, 7) is 0. The molecule has 0 atom stereocenters. The second-order valence-electron chi connectivity index (χ2n) is 5.98. The summed E-state index contributed by atoms with van der Waals surface area (Å²) in [6, 6.07) is 12.1. The number of fused-ring (bicyclic) bond motifs is 1. The fourth-order valence-corrected chi connectivity index (χ4v) is 3.52. The molecule has 4 aromatic rings. The Labute approximate surface area is 167 Å². The van der Waals surface area contributed by atoms with Gasteiger partial charge in [-0.05, 0) is 51.8 Å². The fraction of sp³-hybridized carbons (Fsp3) is 0. The molecule has 27 heavy (non-hydrogen) atoms. The van der Waals surface area contributed by atoms with Crippen molar-refractivity contribution in [3.8, 4) is 11.1 Å². The molecular formula is C20H12BrClFN3O. The molecule has 0 amide bonds. The number of carbonyl (C=O) groups is 1. The van der Waals surface area contributed by atoms with Crippen LogP contribution < -0.4 is 5.73 Å². The van der Waals surface area contributed by atoms with Gasteiger partial charge in [-0.15, -0.1) is 0 Å². The second-order valence-corrected chi connectivity index (χ2v) is 7.27. The van der Waals surface area contributed by atoms with Gasteiger partial charge in [0.15, 0.2) is 11.6 Å². The normalized spacial score (nSPS) is 11.1. The zero-order valence-corrected chi connectivity index (χ0v) is 16.1. The minimum absolute atomic E-state index is 0.0821. The standard InChI is InChI=1S/C20H12BrClFN3O/c21-15-5-6-16(24)18(23)17(15)19(27)14-9-26-20-13(14)7-11(8-25-20)10-1-3-12(22)4-2-10/h1-9H,24H2,(H,25,26). The van der Waals surface area contributed by atoms with Crippen LogP contribution >= 0.6 is 27.5 Å². The lowest BCUT2D eigenvalue weighted by Gasteiger charge is -2.07. The molecule has 0 bridgehead atoms. The number of ketones is 1. The van der Waals surface area contributed by atoms with Crippen LogP contribution in [0.15, 0.2) is 59.3 Å². The Kier molecular flexibility index (Phi) is 4.45. The van der Waals surface area contributed by atoms with Crippen LogP contribution in [0.1, 0.15) is 15.9 Å². The number of anilines is 1. The van der Waals surface area contributed by atoms with Crippen molar-refractivity contribution in [1.29, 1.82) is 0 Å². The molecule has 0 spiro atoms. The van der Waals surface area contributed by atoms with E-state index in [1.807, 2.05) is 18.2 Å². The third kappa shape index (κ3) is 3.11. The van der Waals surface area contributed by atoms with Gasteiger partial charge in [0.1, 0.15) is 5.65 Å². The number of carbonyl (C=O) groups excluding carboxylic acids is 1. The Balaban J connectivity index is 1.86. The maximum absolute atomic E-state index is 14.5. The van der Waals surface area contributed by atoms with E-state index in [4.69, 9.17) is 17.3 Å². The zero-order valence-electron chi connectivity index (χ0n) is 13.8. The Bertz CT molecular complexity index is 1190. The molecule has 4 nitrogen and oxygen atoms in total. The number of pyridine rings is 1. The molecule has 2 heterocycles. The smallest absolute Gasteiger partial charge is 0.199 e. The Morgan fingerprint density at radius 1 is 1.15 bits per heavy atom. The first-order chi connectivity index (χ1) is 13.0. The van der Waals surface area contributed by atoms with Crippen LogP contribution in [0.3, 0.4) is 0 Å². The first kappa shape index (κ1) is 17.7. The Morgan fingerprint density at radius 3 is 2.63 bits per heavy atom. The highest BCUT2D eigenvalue weighted by atomic mass is 79.9. The van der Waals surface area contributed by atoms with E-state index in [9.17, 15) is 9.18 Å². The van der Waals surface area contributed by atoms with Crippen LogP contribution in [0.2, 0.25) is 5.02 Å². The van der Waals surface area contributed by atoms with E-state index in [1.54, 1.807) is 24.4 Å². The van der Waals surface area contributed by atoms with Crippen LogP contribution in [0.5, 0.6) is 0 Å². The number of nitrogens with zero attached hydrogens (tertiary/aromatic N) is 1.